The first-order valence-corrected chi connectivity index (χ1v) is 6.67. The number of alkyl halides is 1. The number of nitrogens with zero attached hydrogens (tertiary/aromatic N) is 3. The molecular weight excluding hydrogens is 289 g/mol. The lowest BCUT2D eigenvalue weighted by atomic mass is 10.2. The largest absolute Gasteiger partial charge is 0.354 e. The van der Waals surface area contributed by atoms with Crippen molar-refractivity contribution in [2.75, 3.05) is 38.1 Å². The van der Waals surface area contributed by atoms with E-state index >= 15 is 0 Å². The van der Waals surface area contributed by atoms with E-state index in [1.807, 2.05) is 12.3 Å². The highest BCUT2D eigenvalue weighted by Gasteiger charge is 2.17. The zero-order valence-corrected chi connectivity index (χ0v) is 11.6. The molecule has 1 saturated heterocycles. The van der Waals surface area contributed by atoms with Crippen LogP contribution in [0.25, 0.3) is 0 Å². The molecule has 1 aliphatic heterocycles. The third kappa shape index (κ3) is 2.67. The molecule has 1 fully saturated rings. The summed E-state index contributed by atoms with van der Waals surface area (Å²) in [5.74, 6) is 1.54. The van der Waals surface area contributed by atoms with Gasteiger partial charge in [0, 0.05) is 42.4 Å². The van der Waals surface area contributed by atoms with Crippen molar-refractivity contribution < 1.29 is 0 Å². The molecule has 0 aromatic carbocycles. The minimum absolute atomic E-state index is 0.508. The number of halogens is 2. The lowest BCUT2D eigenvalue weighted by molar-refractivity contribution is 0.312. The molecule has 0 aliphatic carbocycles. The van der Waals surface area contributed by atoms with E-state index in [-0.39, 0.29) is 0 Å². The molecule has 0 unspecified atom stereocenters. The number of aromatic nitrogens is 1. The fourth-order valence-electron chi connectivity index (χ4n) is 1.88. The van der Waals surface area contributed by atoms with Crippen molar-refractivity contribution in [1.82, 2.24) is 9.88 Å². The van der Waals surface area contributed by atoms with Gasteiger partial charge in [0.2, 0.25) is 0 Å². The number of hydrogen-bond acceptors (Lipinski definition) is 3. The third-order valence-electron chi connectivity index (χ3n) is 2.86. The van der Waals surface area contributed by atoms with E-state index in [2.05, 4.69) is 37.8 Å². The average Bonchev–Trinajstić information content (AvgIpc) is 2.30. The third-order valence-corrected chi connectivity index (χ3v) is 3.58. The van der Waals surface area contributed by atoms with Crippen LogP contribution in [0.4, 0.5) is 5.82 Å². The fourth-order valence-corrected chi connectivity index (χ4v) is 2.45. The Morgan fingerprint density at radius 2 is 2.06 bits per heavy atom. The van der Waals surface area contributed by atoms with E-state index in [1.165, 1.54) is 0 Å². The molecule has 2 rings (SSSR count). The second-order valence-electron chi connectivity index (χ2n) is 4.06. The summed E-state index contributed by atoms with van der Waals surface area (Å²) in [6, 6.07) is 2.05. The first-order chi connectivity index (χ1) is 7.70. The zero-order chi connectivity index (χ0) is 11.5. The lowest BCUT2D eigenvalue weighted by Crippen LogP contribution is -2.45. The highest BCUT2D eigenvalue weighted by Crippen LogP contribution is 2.23. The molecule has 0 saturated carbocycles. The molecule has 1 aromatic heterocycles. The van der Waals surface area contributed by atoms with E-state index in [9.17, 15) is 0 Å². The molecule has 1 aliphatic rings. The van der Waals surface area contributed by atoms with Crippen LogP contribution < -0.4 is 4.90 Å². The molecule has 0 bridgehead atoms. The second kappa shape index (κ2) is 5.34. The Morgan fingerprint density at radius 3 is 2.69 bits per heavy atom. The van der Waals surface area contributed by atoms with Crippen molar-refractivity contribution in [3.8, 4) is 0 Å². The van der Waals surface area contributed by atoms with Crippen molar-refractivity contribution in [1.29, 1.82) is 0 Å². The van der Waals surface area contributed by atoms with Crippen molar-refractivity contribution in [2.45, 2.75) is 5.88 Å². The van der Waals surface area contributed by atoms with Gasteiger partial charge in [0.25, 0.3) is 0 Å². The summed E-state index contributed by atoms with van der Waals surface area (Å²) in [5.41, 5.74) is 1.10. The van der Waals surface area contributed by atoms with Gasteiger partial charge in [-0.2, -0.15) is 0 Å². The van der Waals surface area contributed by atoms with Gasteiger partial charge < -0.3 is 9.80 Å². The van der Waals surface area contributed by atoms with E-state index in [1.54, 1.807) is 0 Å². The Bertz CT molecular complexity index is 364. The van der Waals surface area contributed by atoms with Gasteiger partial charge in [-0.05, 0) is 29.0 Å². The molecule has 2 heterocycles. The minimum atomic E-state index is 0.508. The second-order valence-corrected chi connectivity index (χ2v) is 5.24. The quantitative estimate of drug-likeness (QED) is 0.782. The van der Waals surface area contributed by atoms with Crippen LogP contribution in [0, 0.1) is 0 Å². The number of likely N-dealkylation sites (N-methyl/N-ethyl adjacent to an activating group) is 1. The lowest BCUT2D eigenvalue weighted by Gasteiger charge is -2.34. The van der Waals surface area contributed by atoms with Gasteiger partial charge in [0.1, 0.15) is 5.82 Å². The molecule has 0 atom stereocenters. The summed E-state index contributed by atoms with van der Waals surface area (Å²) in [6.07, 6.45) is 1.84. The molecule has 88 valence electrons. The number of pyridine rings is 1. The smallest absolute Gasteiger partial charge is 0.133 e. The molecule has 0 spiro atoms. The van der Waals surface area contributed by atoms with Gasteiger partial charge in [-0.25, -0.2) is 4.98 Å². The predicted octanol–water partition coefficient (Wildman–Crippen LogP) is 2.33. The fraction of sp³-hybridized carbons (Fsp3) is 0.545. The van der Waals surface area contributed by atoms with E-state index in [4.69, 9.17) is 11.6 Å². The summed E-state index contributed by atoms with van der Waals surface area (Å²) in [7, 11) is 2.15. The van der Waals surface area contributed by atoms with Crippen LogP contribution in [0.15, 0.2) is 16.7 Å². The van der Waals surface area contributed by atoms with Crippen LogP contribution in [0.5, 0.6) is 0 Å². The molecule has 5 heteroatoms. The van der Waals surface area contributed by atoms with Crippen LogP contribution in [-0.4, -0.2) is 43.1 Å². The predicted molar refractivity (Wildman–Crippen MR) is 71.2 cm³/mol. The molecule has 3 nitrogen and oxygen atoms in total. The van der Waals surface area contributed by atoms with Crippen LogP contribution in [0.2, 0.25) is 0 Å². The monoisotopic (exact) mass is 303 g/mol. The maximum absolute atomic E-state index is 5.95. The van der Waals surface area contributed by atoms with Gasteiger partial charge in [-0.1, -0.05) is 0 Å². The molecule has 0 radical (unpaired) electrons. The van der Waals surface area contributed by atoms with E-state index in [0.717, 1.165) is 42.0 Å². The first-order valence-electron chi connectivity index (χ1n) is 5.34. The Labute approximate surface area is 110 Å². The standard InChI is InChI=1S/C11H15BrClN3/c1-15-2-4-16(5-3-15)11-9(7-13)6-10(12)8-14-11/h6,8H,2-5,7H2,1H3. The van der Waals surface area contributed by atoms with Crippen LogP contribution in [0.1, 0.15) is 5.56 Å². The van der Waals surface area contributed by atoms with Gasteiger partial charge >= 0.3 is 0 Å². The Morgan fingerprint density at radius 1 is 1.38 bits per heavy atom. The van der Waals surface area contributed by atoms with Crippen molar-refractivity contribution in [3.05, 3.63) is 22.3 Å². The molecular formula is C11H15BrClN3. The molecule has 1 aromatic rings. The Hall–Kier alpha value is -0.320. The summed E-state index contributed by atoms with van der Waals surface area (Å²) in [4.78, 5) is 9.11. The number of hydrogen-bond donors (Lipinski definition) is 0. The maximum Gasteiger partial charge on any atom is 0.133 e. The summed E-state index contributed by atoms with van der Waals surface area (Å²) in [5, 5.41) is 0. The number of anilines is 1. The maximum atomic E-state index is 5.95. The minimum Gasteiger partial charge on any atom is -0.354 e. The van der Waals surface area contributed by atoms with Gasteiger partial charge in [-0.15, -0.1) is 11.6 Å². The SMILES string of the molecule is CN1CCN(c2ncc(Br)cc2CCl)CC1. The van der Waals surface area contributed by atoms with Gasteiger partial charge in [0.05, 0.1) is 5.88 Å². The number of piperazine rings is 1. The van der Waals surface area contributed by atoms with Crippen molar-refractivity contribution >= 4 is 33.3 Å². The highest BCUT2D eigenvalue weighted by molar-refractivity contribution is 9.10. The zero-order valence-electron chi connectivity index (χ0n) is 9.29. The number of rotatable bonds is 2. The normalized spacial score (nSPS) is 17.8. The topological polar surface area (TPSA) is 19.4 Å². The summed E-state index contributed by atoms with van der Waals surface area (Å²) < 4.78 is 0.987. The van der Waals surface area contributed by atoms with Crippen molar-refractivity contribution in [3.63, 3.8) is 0 Å². The average molecular weight is 305 g/mol. The molecule has 0 N–H and O–H groups in total. The first kappa shape index (κ1) is 12.1. The van der Waals surface area contributed by atoms with Gasteiger partial charge in [-0.3, -0.25) is 0 Å². The van der Waals surface area contributed by atoms with Crippen molar-refractivity contribution in [2.24, 2.45) is 0 Å². The van der Waals surface area contributed by atoms with Crippen LogP contribution in [-0.2, 0) is 5.88 Å². The Kier molecular flexibility index (Phi) is 4.05. The summed E-state index contributed by atoms with van der Waals surface area (Å²) in [6.45, 7) is 4.21. The Balaban J connectivity index is 2.19. The summed E-state index contributed by atoms with van der Waals surface area (Å²) >= 11 is 9.38. The highest BCUT2D eigenvalue weighted by atomic mass is 79.9. The van der Waals surface area contributed by atoms with E-state index < -0.39 is 0 Å². The van der Waals surface area contributed by atoms with Crippen LogP contribution >= 0.6 is 27.5 Å². The van der Waals surface area contributed by atoms with Gasteiger partial charge in [0.15, 0.2) is 0 Å². The van der Waals surface area contributed by atoms with E-state index in [0.29, 0.717) is 5.88 Å². The molecule has 0 amide bonds. The molecule has 16 heavy (non-hydrogen) atoms. The van der Waals surface area contributed by atoms with Crippen LogP contribution in [0.3, 0.4) is 0 Å².